The van der Waals surface area contributed by atoms with Gasteiger partial charge in [-0.25, -0.2) is 0 Å². The highest BCUT2D eigenvalue weighted by atomic mass is 32.2. The molecule has 1 aromatic rings. The maximum Gasteiger partial charge on any atom is 0.294 e. The Morgan fingerprint density at radius 3 is 2.27 bits per heavy atom. The molecule has 0 radical (unpaired) electrons. The average molecular weight is 174 g/mol. The number of hydrogen-bond donors (Lipinski definition) is 1. The topological polar surface area (TPSA) is 54.4 Å². The van der Waals surface area contributed by atoms with E-state index in [9.17, 15) is 8.42 Å². The fraction of sp³-hybridized carbons (Fsp3) is 0.143. The van der Waals surface area contributed by atoms with Crippen molar-refractivity contribution in [2.24, 2.45) is 0 Å². The lowest BCUT2D eigenvalue weighted by atomic mass is 10.2. The molecule has 0 spiro atoms. The Bertz CT molecular complexity index is 416. The quantitative estimate of drug-likeness (QED) is 0.652. The standard InChI is InChI=1S/C7H8O3S/c1-6-2-4-7(5-3-6)11(8,9)10/h2-5H,1H3,(H,8,9,10)/i4D,5D. The lowest BCUT2D eigenvalue weighted by molar-refractivity contribution is 0.483. The first-order valence-electron chi connectivity index (χ1n) is 3.87. The molecular weight excluding hydrogens is 164 g/mol. The molecule has 0 aliphatic heterocycles. The summed E-state index contributed by atoms with van der Waals surface area (Å²) in [5.41, 5.74) is 0.613. The van der Waals surface area contributed by atoms with E-state index in [2.05, 4.69) is 0 Å². The predicted octanol–water partition coefficient (Wildman–Crippen LogP) is 1.24. The Morgan fingerprint density at radius 1 is 1.45 bits per heavy atom. The number of aryl methyl sites for hydroxylation is 1. The van der Waals surface area contributed by atoms with Crippen molar-refractivity contribution in [2.75, 3.05) is 0 Å². The van der Waals surface area contributed by atoms with E-state index in [-0.39, 0.29) is 12.1 Å². The van der Waals surface area contributed by atoms with Gasteiger partial charge >= 0.3 is 0 Å². The smallest absolute Gasteiger partial charge is 0.282 e. The van der Waals surface area contributed by atoms with Crippen molar-refractivity contribution < 1.29 is 15.7 Å². The van der Waals surface area contributed by atoms with Gasteiger partial charge in [-0.3, -0.25) is 4.55 Å². The third-order valence-corrected chi connectivity index (χ3v) is 1.87. The Kier molecular flexibility index (Phi) is 1.38. The maximum atomic E-state index is 10.7. The molecule has 0 bridgehead atoms. The molecule has 3 nitrogen and oxygen atoms in total. The van der Waals surface area contributed by atoms with E-state index in [4.69, 9.17) is 7.29 Å². The zero-order valence-electron chi connectivity index (χ0n) is 7.83. The second kappa shape index (κ2) is 2.64. The summed E-state index contributed by atoms with van der Waals surface area (Å²) in [6.07, 6.45) is 0. The molecule has 0 fully saturated rings. The number of benzene rings is 1. The van der Waals surface area contributed by atoms with Crippen LogP contribution in [0.5, 0.6) is 0 Å². The Labute approximate surface area is 68.2 Å². The zero-order valence-corrected chi connectivity index (χ0v) is 6.64. The van der Waals surface area contributed by atoms with Crippen LogP contribution in [0.25, 0.3) is 0 Å². The van der Waals surface area contributed by atoms with Crippen molar-refractivity contribution in [1.82, 2.24) is 0 Å². The summed E-state index contributed by atoms with van der Waals surface area (Å²) < 4.78 is 44.6. The van der Waals surface area contributed by atoms with Crippen molar-refractivity contribution in [3.05, 3.63) is 29.8 Å². The molecule has 0 saturated heterocycles. The minimum absolute atomic E-state index is 0.354. The monoisotopic (exact) mass is 174 g/mol. The maximum absolute atomic E-state index is 10.7. The van der Waals surface area contributed by atoms with E-state index in [0.29, 0.717) is 5.56 Å². The molecule has 11 heavy (non-hydrogen) atoms. The van der Waals surface area contributed by atoms with Gasteiger partial charge in [0, 0.05) is 0 Å². The molecule has 0 aromatic heterocycles. The van der Waals surface area contributed by atoms with Crippen molar-refractivity contribution in [3.8, 4) is 0 Å². The first kappa shape index (κ1) is 5.74. The zero-order chi connectivity index (χ0) is 10.2. The van der Waals surface area contributed by atoms with Crippen LogP contribution in [0, 0.1) is 6.92 Å². The van der Waals surface area contributed by atoms with E-state index in [1.54, 1.807) is 6.92 Å². The van der Waals surface area contributed by atoms with Crippen LogP contribution in [0.4, 0.5) is 0 Å². The van der Waals surface area contributed by atoms with E-state index < -0.39 is 15.0 Å². The fourth-order valence-electron chi connectivity index (χ4n) is 0.591. The molecule has 0 atom stereocenters. The highest BCUT2D eigenvalue weighted by molar-refractivity contribution is 7.85. The van der Waals surface area contributed by atoms with Gasteiger partial charge in [0.15, 0.2) is 0 Å². The van der Waals surface area contributed by atoms with Crippen molar-refractivity contribution >= 4 is 10.1 Å². The molecule has 0 saturated carbocycles. The average Bonchev–Trinajstić information content (AvgIpc) is 1.78. The molecule has 0 unspecified atom stereocenters. The van der Waals surface area contributed by atoms with Gasteiger partial charge in [0.1, 0.15) is 0 Å². The van der Waals surface area contributed by atoms with Crippen molar-refractivity contribution in [1.29, 1.82) is 0 Å². The molecule has 0 aliphatic carbocycles. The molecule has 0 heterocycles. The molecule has 4 heteroatoms. The summed E-state index contributed by atoms with van der Waals surface area (Å²) in [5.74, 6) is 0. The van der Waals surface area contributed by atoms with Gasteiger partial charge in [-0.05, 0) is 19.0 Å². The molecule has 1 aromatic carbocycles. The summed E-state index contributed by atoms with van der Waals surface area (Å²) >= 11 is 0. The summed E-state index contributed by atoms with van der Waals surface area (Å²) in [7, 11) is -4.46. The Balaban J connectivity index is 3.57. The first-order chi connectivity index (χ1) is 5.82. The van der Waals surface area contributed by atoms with Crippen LogP contribution in [0.15, 0.2) is 29.1 Å². The SMILES string of the molecule is [2H]c1cc(C)cc([2H])c1S(=O)(=O)O. The highest BCUT2D eigenvalue weighted by Gasteiger charge is 2.06. The Morgan fingerprint density at radius 2 is 1.91 bits per heavy atom. The highest BCUT2D eigenvalue weighted by Crippen LogP contribution is 2.08. The molecule has 1 rings (SSSR count). The van der Waals surface area contributed by atoms with Crippen LogP contribution in [-0.2, 0) is 10.1 Å². The first-order valence-corrected chi connectivity index (χ1v) is 4.31. The van der Waals surface area contributed by atoms with Crippen LogP contribution in [0.3, 0.4) is 0 Å². The lowest BCUT2D eigenvalue weighted by Gasteiger charge is -1.95. The number of rotatable bonds is 1. The summed E-state index contributed by atoms with van der Waals surface area (Å²) in [4.78, 5) is -0.641. The predicted molar refractivity (Wildman–Crippen MR) is 41.0 cm³/mol. The van der Waals surface area contributed by atoms with Gasteiger partial charge in [-0.2, -0.15) is 8.42 Å². The van der Waals surface area contributed by atoms with Crippen LogP contribution in [-0.4, -0.2) is 13.0 Å². The minimum Gasteiger partial charge on any atom is -0.282 e. The molecular formula is C7H8O3S. The summed E-state index contributed by atoms with van der Waals surface area (Å²) in [5, 5.41) is 0. The van der Waals surface area contributed by atoms with Crippen molar-refractivity contribution in [3.63, 3.8) is 0 Å². The van der Waals surface area contributed by atoms with Gasteiger partial charge in [0.25, 0.3) is 10.1 Å². The van der Waals surface area contributed by atoms with E-state index in [1.807, 2.05) is 0 Å². The normalized spacial score (nSPS) is 14.0. The molecule has 60 valence electrons. The van der Waals surface area contributed by atoms with E-state index in [1.165, 1.54) is 12.1 Å². The van der Waals surface area contributed by atoms with Gasteiger partial charge in [0.05, 0.1) is 7.64 Å². The second-order valence-corrected chi connectivity index (χ2v) is 3.48. The minimum atomic E-state index is -4.46. The summed E-state index contributed by atoms with van der Waals surface area (Å²) in [6.45, 7) is 1.64. The second-order valence-electron chi connectivity index (χ2n) is 2.13. The van der Waals surface area contributed by atoms with Gasteiger partial charge in [0.2, 0.25) is 0 Å². The van der Waals surface area contributed by atoms with Crippen LogP contribution in [0.2, 0.25) is 0 Å². The third-order valence-electron chi connectivity index (χ3n) is 1.12. The molecule has 1 N–H and O–H groups in total. The van der Waals surface area contributed by atoms with Gasteiger partial charge in [-0.15, -0.1) is 0 Å². The number of hydrogen-bond acceptors (Lipinski definition) is 2. The molecule has 0 amide bonds. The van der Waals surface area contributed by atoms with Crippen LogP contribution < -0.4 is 0 Å². The lowest BCUT2D eigenvalue weighted by Crippen LogP contribution is -1.96. The third kappa shape index (κ3) is 2.03. The fourth-order valence-corrected chi connectivity index (χ4v) is 1.01. The van der Waals surface area contributed by atoms with Crippen molar-refractivity contribution in [2.45, 2.75) is 11.8 Å². The van der Waals surface area contributed by atoms with Gasteiger partial charge < -0.3 is 0 Å². The van der Waals surface area contributed by atoms with E-state index >= 15 is 0 Å². The molecule has 0 aliphatic rings. The van der Waals surface area contributed by atoms with Crippen LogP contribution >= 0.6 is 0 Å². The van der Waals surface area contributed by atoms with E-state index in [0.717, 1.165) is 0 Å². The summed E-state index contributed by atoms with van der Waals surface area (Å²) in [6, 6.07) is 1.85. The van der Waals surface area contributed by atoms with Crippen LogP contribution in [0.1, 0.15) is 8.30 Å². The Hall–Kier alpha value is -0.870. The largest absolute Gasteiger partial charge is 0.294 e. The van der Waals surface area contributed by atoms with Gasteiger partial charge in [-0.1, -0.05) is 17.7 Å².